The number of halogens is 8. The molecule has 0 aromatic rings. The van der Waals surface area contributed by atoms with Crippen LogP contribution in [0.5, 0.6) is 0 Å². The first kappa shape index (κ1) is 13.2. The lowest BCUT2D eigenvalue weighted by atomic mass is 10.2. The molecule has 1 unspecified atom stereocenters. The molecule has 0 aromatic heterocycles. The van der Waals surface area contributed by atoms with Crippen LogP contribution in [0.25, 0.3) is 0 Å². The molecule has 0 radical (unpaired) electrons. The van der Waals surface area contributed by atoms with Crippen LogP contribution in [0.3, 0.4) is 0 Å². The molecule has 12 heavy (non-hydrogen) atoms. The van der Waals surface area contributed by atoms with Gasteiger partial charge in [0.05, 0.1) is 0 Å². The molecular weight excluding hydrogens is 282 g/mol. The Hall–Kier alpha value is 1.24. The minimum atomic E-state index is -4.74. The maximum absolute atomic E-state index is 12.0. The van der Waals surface area contributed by atoms with E-state index in [9.17, 15) is 13.2 Å². The highest BCUT2D eigenvalue weighted by atomic mass is 35.6. The molecule has 0 saturated carbocycles. The molecule has 0 heterocycles. The number of hydrogen-bond donors (Lipinski definition) is 0. The summed E-state index contributed by atoms with van der Waals surface area (Å²) in [5, 5.41) is 0. The van der Waals surface area contributed by atoms with Crippen molar-refractivity contribution in [1.82, 2.24) is 0 Å². The highest BCUT2D eigenvalue weighted by molar-refractivity contribution is 6.68. The fraction of sp³-hybridized carbons (Fsp3) is 1.00. The molecule has 0 aliphatic rings. The Morgan fingerprint density at radius 2 is 1.25 bits per heavy atom. The van der Waals surface area contributed by atoms with Crippen molar-refractivity contribution in [2.75, 3.05) is 0 Å². The minimum Gasteiger partial charge on any atom is -0.171 e. The summed E-state index contributed by atoms with van der Waals surface area (Å²) in [6, 6.07) is 0. The largest absolute Gasteiger partial charge is 0.398 e. The van der Waals surface area contributed by atoms with Crippen molar-refractivity contribution in [1.29, 1.82) is 0 Å². The first-order chi connectivity index (χ1) is 5.07. The molecule has 0 aliphatic heterocycles. The van der Waals surface area contributed by atoms with Crippen molar-refractivity contribution >= 4 is 58.0 Å². The third-order valence-corrected chi connectivity index (χ3v) is 2.17. The normalized spacial score (nSPS) is 16.8. The molecule has 0 fully saturated rings. The molecule has 0 nitrogen and oxygen atoms in total. The lowest BCUT2D eigenvalue weighted by molar-refractivity contribution is -0.169. The monoisotopic (exact) mass is 282 g/mol. The van der Waals surface area contributed by atoms with E-state index < -0.39 is 20.7 Å². The zero-order valence-electron chi connectivity index (χ0n) is 5.18. The lowest BCUT2D eigenvalue weighted by Crippen LogP contribution is -2.38. The maximum Gasteiger partial charge on any atom is 0.398 e. The van der Waals surface area contributed by atoms with E-state index in [-0.39, 0.29) is 0 Å². The summed E-state index contributed by atoms with van der Waals surface area (Å²) in [5.74, 6) is -2.39. The summed E-state index contributed by atoms with van der Waals surface area (Å²) in [6.45, 7) is 0. The van der Waals surface area contributed by atoms with Gasteiger partial charge >= 0.3 is 6.18 Å². The van der Waals surface area contributed by atoms with Crippen molar-refractivity contribution in [3.05, 3.63) is 0 Å². The van der Waals surface area contributed by atoms with E-state index in [2.05, 4.69) is 0 Å². The van der Waals surface area contributed by atoms with Crippen LogP contribution in [0, 0.1) is 5.92 Å². The van der Waals surface area contributed by atoms with Gasteiger partial charge in [0.15, 0.2) is 0 Å². The van der Waals surface area contributed by atoms with E-state index >= 15 is 0 Å². The Morgan fingerprint density at radius 3 is 1.25 bits per heavy atom. The van der Waals surface area contributed by atoms with E-state index in [1.807, 2.05) is 0 Å². The number of rotatable bonds is 1. The Balaban J connectivity index is 4.70. The second-order valence-electron chi connectivity index (χ2n) is 1.90. The fourth-order valence-electron chi connectivity index (χ4n) is 0.471. The van der Waals surface area contributed by atoms with Gasteiger partial charge in [-0.2, -0.15) is 13.2 Å². The van der Waals surface area contributed by atoms with E-state index in [1.54, 1.807) is 0 Å². The minimum absolute atomic E-state index is 1.81. The van der Waals surface area contributed by atoms with Gasteiger partial charge < -0.3 is 0 Å². The Labute approximate surface area is 91.8 Å². The molecular formula is C4H2Cl5F3. The van der Waals surface area contributed by atoms with E-state index in [0.717, 1.165) is 0 Å². The second kappa shape index (κ2) is 4.18. The SMILES string of the molecule is FC(F)(F)C(C(Cl)Cl)C(Cl)(Cl)Cl. The maximum atomic E-state index is 12.0. The Bertz CT molecular complexity index is 134. The van der Waals surface area contributed by atoms with Crippen LogP contribution >= 0.6 is 58.0 Å². The van der Waals surface area contributed by atoms with Gasteiger partial charge in [-0.3, -0.25) is 0 Å². The summed E-state index contributed by atoms with van der Waals surface area (Å²) >= 11 is 25.1. The second-order valence-corrected chi connectivity index (χ2v) is 5.43. The summed E-state index contributed by atoms with van der Waals surface area (Å²) in [5.41, 5.74) is 0. The van der Waals surface area contributed by atoms with Gasteiger partial charge in [0.1, 0.15) is 10.8 Å². The van der Waals surface area contributed by atoms with E-state index in [4.69, 9.17) is 58.0 Å². The van der Waals surface area contributed by atoms with Crippen molar-refractivity contribution in [3.8, 4) is 0 Å². The zero-order chi connectivity index (χ0) is 10.2. The van der Waals surface area contributed by atoms with Crippen molar-refractivity contribution in [2.45, 2.75) is 14.8 Å². The third kappa shape index (κ3) is 3.97. The molecule has 0 aromatic carbocycles. The van der Waals surface area contributed by atoms with Gasteiger partial charge in [-0.05, 0) is 0 Å². The standard InChI is InChI=1S/C4H2Cl5F3/c5-2(6)1(3(7,8)9)4(10,11)12/h1-2H. The molecule has 0 bridgehead atoms. The first-order valence-corrected chi connectivity index (χ1v) is 4.49. The lowest BCUT2D eigenvalue weighted by Gasteiger charge is -2.27. The summed E-state index contributed by atoms with van der Waals surface area (Å²) < 4.78 is 33.6. The average molecular weight is 284 g/mol. The molecule has 0 saturated heterocycles. The van der Waals surface area contributed by atoms with E-state index in [0.29, 0.717) is 0 Å². The Kier molecular flexibility index (Phi) is 4.61. The van der Waals surface area contributed by atoms with Crippen LogP contribution in [0.4, 0.5) is 13.2 Å². The smallest absolute Gasteiger partial charge is 0.171 e. The number of hydrogen-bond acceptors (Lipinski definition) is 0. The fourth-order valence-corrected chi connectivity index (χ4v) is 2.27. The molecule has 74 valence electrons. The summed E-state index contributed by atoms with van der Waals surface area (Å²) in [4.78, 5) is -1.81. The average Bonchev–Trinajstić information content (AvgIpc) is 1.49. The van der Waals surface area contributed by atoms with Crippen molar-refractivity contribution in [3.63, 3.8) is 0 Å². The molecule has 0 aliphatic carbocycles. The zero-order valence-corrected chi connectivity index (χ0v) is 8.96. The highest BCUT2D eigenvalue weighted by Crippen LogP contribution is 2.48. The first-order valence-electron chi connectivity index (χ1n) is 2.48. The molecule has 1 atom stereocenters. The van der Waals surface area contributed by atoms with Gasteiger partial charge in [0.2, 0.25) is 3.79 Å². The Morgan fingerprint density at radius 1 is 0.917 bits per heavy atom. The predicted molar refractivity (Wildman–Crippen MR) is 45.3 cm³/mol. The summed E-state index contributed by atoms with van der Waals surface area (Å²) in [6.07, 6.45) is -4.74. The highest BCUT2D eigenvalue weighted by Gasteiger charge is 2.55. The van der Waals surface area contributed by atoms with Crippen molar-refractivity contribution < 1.29 is 13.2 Å². The molecule has 0 amide bonds. The van der Waals surface area contributed by atoms with Gasteiger partial charge in [-0.15, -0.1) is 23.2 Å². The molecule has 0 N–H and O–H groups in total. The third-order valence-electron chi connectivity index (χ3n) is 0.957. The number of alkyl halides is 8. The topological polar surface area (TPSA) is 0 Å². The quantitative estimate of drug-likeness (QED) is 0.628. The van der Waals surface area contributed by atoms with E-state index in [1.165, 1.54) is 0 Å². The van der Waals surface area contributed by atoms with Crippen molar-refractivity contribution in [2.24, 2.45) is 5.92 Å². The van der Waals surface area contributed by atoms with Gasteiger partial charge in [-0.25, -0.2) is 0 Å². The summed E-state index contributed by atoms with van der Waals surface area (Å²) in [7, 11) is 0. The van der Waals surface area contributed by atoms with Gasteiger partial charge in [0.25, 0.3) is 0 Å². The van der Waals surface area contributed by atoms with Gasteiger partial charge in [0, 0.05) is 0 Å². The molecule has 8 heteroatoms. The van der Waals surface area contributed by atoms with Crippen LogP contribution in [0.1, 0.15) is 0 Å². The van der Waals surface area contributed by atoms with Gasteiger partial charge in [-0.1, -0.05) is 34.8 Å². The predicted octanol–water partition coefficient (Wildman–Crippen LogP) is 4.34. The van der Waals surface area contributed by atoms with Crippen LogP contribution in [-0.4, -0.2) is 14.8 Å². The molecule has 0 spiro atoms. The van der Waals surface area contributed by atoms with Crippen LogP contribution in [0.2, 0.25) is 0 Å². The van der Waals surface area contributed by atoms with Crippen LogP contribution in [-0.2, 0) is 0 Å². The van der Waals surface area contributed by atoms with Crippen LogP contribution < -0.4 is 0 Å². The molecule has 0 rings (SSSR count). The van der Waals surface area contributed by atoms with Crippen LogP contribution in [0.15, 0.2) is 0 Å².